The molecule has 0 aliphatic rings. The Bertz CT molecular complexity index is 912. The Kier molecular flexibility index (Phi) is 5.96. The molecule has 0 atom stereocenters. The van der Waals surface area contributed by atoms with Crippen molar-refractivity contribution in [2.24, 2.45) is 0 Å². The molecule has 26 heavy (non-hydrogen) atoms. The summed E-state index contributed by atoms with van der Waals surface area (Å²) in [6.45, 7) is 4.01. The van der Waals surface area contributed by atoms with Crippen molar-refractivity contribution in [2.75, 3.05) is 0 Å². The Morgan fingerprint density at radius 1 is 0.538 bits per heavy atom. The van der Waals surface area contributed by atoms with Crippen molar-refractivity contribution in [3.63, 3.8) is 0 Å². The molecule has 130 valence electrons. The summed E-state index contributed by atoms with van der Waals surface area (Å²) in [6, 6.07) is 22.6. The summed E-state index contributed by atoms with van der Waals surface area (Å²) in [6.07, 6.45) is 0. The van der Waals surface area contributed by atoms with E-state index in [9.17, 15) is 9.59 Å². The van der Waals surface area contributed by atoms with Crippen molar-refractivity contribution in [3.05, 3.63) is 95.1 Å². The summed E-state index contributed by atoms with van der Waals surface area (Å²) in [5.41, 5.74) is 3.60. The molecule has 3 aromatic rings. The second-order valence-electron chi connectivity index (χ2n) is 5.98. The number of carbonyl (C=O) groups excluding carboxylic acids is 2. The van der Waals surface area contributed by atoms with Gasteiger partial charge in [-0.1, -0.05) is 47.5 Å². The van der Waals surface area contributed by atoms with Gasteiger partial charge in [0.05, 0.1) is 0 Å². The molecule has 0 aliphatic heterocycles. The fraction of sp³-hybridized carbons (Fsp3) is 0.0909. The molecule has 0 unspecified atom stereocenters. The highest BCUT2D eigenvalue weighted by atomic mass is 32.2. The number of thioether (sulfide) groups is 2. The standard InChI is InChI=1S/C22H18O2S2/c1-15-3-7-17(8-4-15)21(23)26-20-13-9-18(10-14-20)22(24)25-19-11-5-16(2)6-12-19/h3-14H,1-2H3. The summed E-state index contributed by atoms with van der Waals surface area (Å²) in [5, 5.41) is -0.00614. The van der Waals surface area contributed by atoms with Crippen LogP contribution >= 0.6 is 23.5 Å². The summed E-state index contributed by atoms with van der Waals surface area (Å²) in [7, 11) is 0. The number of hydrogen-bond donors (Lipinski definition) is 0. The molecule has 0 N–H and O–H groups in total. The molecule has 0 aliphatic carbocycles. The molecule has 0 spiro atoms. The Morgan fingerprint density at radius 2 is 0.846 bits per heavy atom. The van der Waals surface area contributed by atoms with Crippen LogP contribution < -0.4 is 0 Å². The highest BCUT2D eigenvalue weighted by Crippen LogP contribution is 2.27. The van der Waals surface area contributed by atoms with Crippen LogP contribution in [0.3, 0.4) is 0 Å². The highest BCUT2D eigenvalue weighted by molar-refractivity contribution is 8.14. The van der Waals surface area contributed by atoms with Crippen molar-refractivity contribution in [2.45, 2.75) is 23.6 Å². The molecule has 0 bridgehead atoms. The van der Waals surface area contributed by atoms with Gasteiger partial charge in [0.15, 0.2) is 0 Å². The molecule has 3 aromatic carbocycles. The Labute approximate surface area is 162 Å². The average Bonchev–Trinajstić information content (AvgIpc) is 2.64. The zero-order valence-electron chi connectivity index (χ0n) is 14.6. The fourth-order valence-electron chi connectivity index (χ4n) is 2.29. The largest absolute Gasteiger partial charge is 0.281 e. The maximum atomic E-state index is 12.4. The van der Waals surface area contributed by atoms with Gasteiger partial charge in [-0.15, -0.1) is 0 Å². The van der Waals surface area contributed by atoms with E-state index in [2.05, 4.69) is 0 Å². The third-order valence-electron chi connectivity index (χ3n) is 3.82. The zero-order valence-corrected chi connectivity index (χ0v) is 16.2. The van der Waals surface area contributed by atoms with E-state index in [0.29, 0.717) is 11.1 Å². The normalized spacial score (nSPS) is 10.5. The van der Waals surface area contributed by atoms with E-state index >= 15 is 0 Å². The van der Waals surface area contributed by atoms with Gasteiger partial charge in [0.1, 0.15) is 0 Å². The van der Waals surface area contributed by atoms with Crippen LogP contribution in [0.25, 0.3) is 0 Å². The lowest BCUT2D eigenvalue weighted by atomic mass is 10.2. The third kappa shape index (κ3) is 4.87. The molecular weight excluding hydrogens is 360 g/mol. The van der Waals surface area contributed by atoms with E-state index in [1.54, 1.807) is 12.1 Å². The fourth-order valence-corrected chi connectivity index (χ4v) is 3.77. The number of carbonyl (C=O) groups is 2. The van der Waals surface area contributed by atoms with Crippen LogP contribution in [0.5, 0.6) is 0 Å². The summed E-state index contributed by atoms with van der Waals surface area (Å²) < 4.78 is 0. The maximum Gasteiger partial charge on any atom is 0.224 e. The third-order valence-corrected chi connectivity index (χ3v) is 5.68. The Balaban J connectivity index is 1.64. The predicted molar refractivity (Wildman–Crippen MR) is 109 cm³/mol. The van der Waals surface area contributed by atoms with Gasteiger partial charge >= 0.3 is 0 Å². The monoisotopic (exact) mass is 378 g/mol. The number of rotatable bonds is 4. The van der Waals surface area contributed by atoms with Crippen molar-refractivity contribution in [1.29, 1.82) is 0 Å². The molecule has 0 heterocycles. The molecule has 3 rings (SSSR count). The van der Waals surface area contributed by atoms with E-state index in [0.717, 1.165) is 15.4 Å². The molecule has 0 aromatic heterocycles. The minimum Gasteiger partial charge on any atom is -0.281 e. The van der Waals surface area contributed by atoms with E-state index in [-0.39, 0.29) is 10.2 Å². The van der Waals surface area contributed by atoms with Gasteiger partial charge in [-0.25, -0.2) is 0 Å². The maximum absolute atomic E-state index is 12.4. The molecular formula is C22H18O2S2. The first kappa shape index (κ1) is 18.5. The first-order chi connectivity index (χ1) is 12.5. The quantitative estimate of drug-likeness (QED) is 0.509. The van der Waals surface area contributed by atoms with Crippen molar-refractivity contribution < 1.29 is 9.59 Å². The molecule has 0 amide bonds. The van der Waals surface area contributed by atoms with Gasteiger partial charge in [-0.2, -0.15) is 0 Å². The minimum absolute atomic E-state index is 0.00175. The zero-order chi connectivity index (χ0) is 18.5. The Hall–Kier alpha value is -2.30. The molecule has 0 saturated carbocycles. The molecule has 4 heteroatoms. The first-order valence-electron chi connectivity index (χ1n) is 8.19. The number of aryl methyl sites for hydroxylation is 2. The van der Waals surface area contributed by atoms with Crippen molar-refractivity contribution in [3.8, 4) is 0 Å². The van der Waals surface area contributed by atoms with Crippen LogP contribution in [0, 0.1) is 13.8 Å². The van der Waals surface area contributed by atoms with Crippen LogP contribution in [0.15, 0.2) is 82.6 Å². The summed E-state index contributed by atoms with van der Waals surface area (Å²) in [4.78, 5) is 26.4. The van der Waals surface area contributed by atoms with E-state index in [1.807, 2.05) is 74.5 Å². The van der Waals surface area contributed by atoms with Crippen molar-refractivity contribution in [1.82, 2.24) is 0 Å². The first-order valence-corrected chi connectivity index (χ1v) is 9.82. The van der Waals surface area contributed by atoms with Gasteiger partial charge < -0.3 is 0 Å². The number of hydrogen-bond acceptors (Lipinski definition) is 4. The van der Waals surface area contributed by atoms with E-state index in [1.165, 1.54) is 29.1 Å². The van der Waals surface area contributed by atoms with Crippen LogP contribution in [0.2, 0.25) is 0 Å². The van der Waals surface area contributed by atoms with Crippen LogP contribution in [-0.4, -0.2) is 10.2 Å². The SMILES string of the molecule is Cc1ccc(SC(=O)c2ccc(SC(=O)c3ccc(C)cc3)cc2)cc1. The lowest BCUT2D eigenvalue weighted by Crippen LogP contribution is -1.95. The van der Waals surface area contributed by atoms with Crippen LogP contribution in [-0.2, 0) is 0 Å². The topological polar surface area (TPSA) is 34.1 Å². The molecule has 0 fully saturated rings. The van der Waals surface area contributed by atoms with E-state index in [4.69, 9.17) is 0 Å². The molecule has 2 nitrogen and oxygen atoms in total. The smallest absolute Gasteiger partial charge is 0.224 e. The second kappa shape index (κ2) is 8.39. The van der Waals surface area contributed by atoms with Crippen LogP contribution in [0.4, 0.5) is 0 Å². The Morgan fingerprint density at radius 3 is 1.27 bits per heavy atom. The van der Waals surface area contributed by atoms with Gasteiger partial charge in [0, 0.05) is 20.9 Å². The number of benzene rings is 3. The predicted octanol–water partition coefficient (Wildman–Crippen LogP) is 6.17. The summed E-state index contributed by atoms with van der Waals surface area (Å²) in [5.74, 6) is 0. The lowest BCUT2D eigenvalue weighted by Gasteiger charge is -2.04. The van der Waals surface area contributed by atoms with Crippen molar-refractivity contribution >= 4 is 33.8 Å². The average molecular weight is 379 g/mol. The minimum atomic E-state index is -0.00439. The molecule has 0 radical (unpaired) electrons. The highest BCUT2D eigenvalue weighted by Gasteiger charge is 2.11. The lowest BCUT2D eigenvalue weighted by molar-refractivity contribution is 0.108. The summed E-state index contributed by atoms with van der Waals surface area (Å²) >= 11 is 2.38. The van der Waals surface area contributed by atoms with Crippen LogP contribution in [0.1, 0.15) is 31.8 Å². The van der Waals surface area contributed by atoms with Gasteiger partial charge in [0.2, 0.25) is 10.2 Å². The molecule has 0 saturated heterocycles. The van der Waals surface area contributed by atoms with Gasteiger partial charge in [-0.05, 0) is 73.8 Å². The van der Waals surface area contributed by atoms with Gasteiger partial charge in [0.25, 0.3) is 0 Å². The van der Waals surface area contributed by atoms with E-state index < -0.39 is 0 Å². The van der Waals surface area contributed by atoms with Gasteiger partial charge in [-0.3, -0.25) is 9.59 Å². The second-order valence-corrected chi connectivity index (χ2v) is 8.08.